The predicted molar refractivity (Wildman–Crippen MR) is 77.6 cm³/mol. The summed E-state index contributed by atoms with van der Waals surface area (Å²) in [5.74, 6) is 1.81. The maximum atomic E-state index is 10.9. The summed E-state index contributed by atoms with van der Waals surface area (Å²) in [5.41, 5.74) is 0.428. The van der Waals surface area contributed by atoms with Crippen LogP contribution < -0.4 is 0 Å². The number of likely N-dealkylation sites (tertiary alicyclic amines) is 1. The zero-order chi connectivity index (χ0) is 14.9. The van der Waals surface area contributed by atoms with E-state index in [0.29, 0.717) is 13.0 Å². The van der Waals surface area contributed by atoms with Crippen molar-refractivity contribution in [3.63, 3.8) is 0 Å². The van der Waals surface area contributed by atoms with Gasteiger partial charge in [-0.15, -0.1) is 10.2 Å². The van der Waals surface area contributed by atoms with E-state index in [1.165, 1.54) is 0 Å². The van der Waals surface area contributed by atoms with Gasteiger partial charge in [-0.05, 0) is 37.9 Å². The Hall–Kier alpha value is -1.66. The third-order valence-electron chi connectivity index (χ3n) is 4.26. The van der Waals surface area contributed by atoms with Crippen molar-refractivity contribution < 1.29 is 9.52 Å². The molecular formula is C15H22N4O2. The Balaban J connectivity index is 1.67. The maximum absolute atomic E-state index is 10.9. The lowest BCUT2D eigenvalue weighted by molar-refractivity contribution is -0.0360. The van der Waals surface area contributed by atoms with E-state index >= 15 is 0 Å². The number of hydrogen-bond acceptors (Lipinski definition) is 5. The Morgan fingerprint density at radius 3 is 3.00 bits per heavy atom. The van der Waals surface area contributed by atoms with Crippen LogP contribution in [0.3, 0.4) is 0 Å². The Kier molecular flexibility index (Phi) is 3.82. The average Bonchev–Trinajstić information content (AvgIpc) is 3.00. The van der Waals surface area contributed by atoms with Crippen LogP contribution in [0.5, 0.6) is 0 Å². The summed E-state index contributed by atoms with van der Waals surface area (Å²) >= 11 is 0. The number of aromatic nitrogens is 3. The van der Waals surface area contributed by atoms with Gasteiger partial charge in [-0.3, -0.25) is 4.90 Å². The standard InChI is InChI=1S/C15H22N4O2/c1-12-4-7-21-13(12)9-19-6-3-5-15(20,10-19)8-14-17-16-11-18(14)2/h4,7,11,20H,3,5-6,8-10H2,1-2H3. The molecule has 1 unspecified atom stereocenters. The molecule has 0 radical (unpaired) electrons. The number of aryl methyl sites for hydroxylation is 2. The van der Waals surface area contributed by atoms with Crippen molar-refractivity contribution in [2.45, 2.75) is 38.3 Å². The summed E-state index contributed by atoms with van der Waals surface area (Å²) in [6.07, 6.45) is 5.71. The minimum atomic E-state index is -0.737. The molecule has 0 aliphatic carbocycles. The number of hydrogen-bond donors (Lipinski definition) is 1. The number of nitrogens with zero attached hydrogens (tertiary/aromatic N) is 4. The first-order valence-corrected chi connectivity index (χ1v) is 7.36. The fourth-order valence-corrected chi connectivity index (χ4v) is 3.02. The number of piperidine rings is 1. The Morgan fingerprint density at radius 1 is 1.48 bits per heavy atom. The van der Waals surface area contributed by atoms with Crippen molar-refractivity contribution in [1.82, 2.24) is 19.7 Å². The van der Waals surface area contributed by atoms with Gasteiger partial charge in [0.05, 0.1) is 18.4 Å². The average molecular weight is 290 g/mol. The van der Waals surface area contributed by atoms with E-state index in [1.807, 2.05) is 17.7 Å². The highest BCUT2D eigenvalue weighted by Gasteiger charge is 2.35. The molecule has 1 aliphatic heterocycles. The fourth-order valence-electron chi connectivity index (χ4n) is 3.02. The van der Waals surface area contributed by atoms with Crippen molar-refractivity contribution in [3.05, 3.63) is 35.8 Å². The zero-order valence-electron chi connectivity index (χ0n) is 12.6. The van der Waals surface area contributed by atoms with E-state index in [2.05, 4.69) is 22.0 Å². The van der Waals surface area contributed by atoms with Crippen LogP contribution in [0.25, 0.3) is 0 Å². The van der Waals surface area contributed by atoms with Crippen LogP contribution in [0.1, 0.15) is 30.0 Å². The van der Waals surface area contributed by atoms with Gasteiger partial charge in [-0.1, -0.05) is 0 Å². The van der Waals surface area contributed by atoms with Gasteiger partial charge < -0.3 is 14.1 Å². The smallest absolute Gasteiger partial charge is 0.135 e. The van der Waals surface area contributed by atoms with Crippen molar-refractivity contribution in [2.24, 2.45) is 7.05 Å². The minimum Gasteiger partial charge on any atom is -0.468 e. The molecule has 3 rings (SSSR count). The summed E-state index contributed by atoms with van der Waals surface area (Å²) in [6.45, 7) is 4.43. The highest BCUT2D eigenvalue weighted by molar-refractivity contribution is 5.14. The van der Waals surface area contributed by atoms with Gasteiger partial charge in [0.1, 0.15) is 17.9 Å². The normalized spacial score (nSPS) is 23.6. The summed E-state index contributed by atoms with van der Waals surface area (Å²) in [6, 6.07) is 1.98. The van der Waals surface area contributed by atoms with E-state index in [1.54, 1.807) is 12.6 Å². The number of furan rings is 1. The van der Waals surface area contributed by atoms with Crippen LogP contribution in [-0.4, -0.2) is 43.5 Å². The quantitative estimate of drug-likeness (QED) is 0.919. The molecule has 0 amide bonds. The summed E-state index contributed by atoms with van der Waals surface area (Å²) in [7, 11) is 1.91. The molecule has 21 heavy (non-hydrogen) atoms. The maximum Gasteiger partial charge on any atom is 0.135 e. The third-order valence-corrected chi connectivity index (χ3v) is 4.26. The molecular weight excluding hydrogens is 268 g/mol. The molecule has 1 saturated heterocycles. The minimum absolute atomic E-state index is 0.539. The van der Waals surface area contributed by atoms with E-state index in [4.69, 9.17) is 4.42 Å². The van der Waals surface area contributed by atoms with Crippen LogP contribution in [0, 0.1) is 6.92 Å². The SMILES string of the molecule is Cc1ccoc1CN1CCCC(O)(Cc2nncn2C)C1. The van der Waals surface area contributed by atoms with Crippen molar-refractivity contribution in [2.75, 3.05) is 13.1 Å². The molecule has 0 aromatic carbocycles. The predicted octanol–water partition coefficient (Wildman–Crippen LogP) is 1.29. The lowest BCUT2D eigenvalue weighted by atomic mass is 9.89. The molecule has 1 aliphatic rings. The van der Waals surface area contributed by atoms with Gasteiger partial charge >= 0.3 is 0 Å². The van der Waals surface area contributed by atoms with E-state index < -0.39 is 5.60 Å². The first kappa shape index (κ1) is 14.3. The highest BCUT2D eigenvalue weighted by Crippen LogP contribution is 2.26. The van der Waals surface area contributed by atoms with Gasteiger partial charge in [0, 0.05) is 20.0 Å². The van der Waals surface area contributed by atoms with E-state index in [-0.39, 0.29) is 0 Å². The molecule has 114 valence electrons. The van der Waals surface area contributed by atoms with E-state index in [9.17, 15) is 5.11 Å². The first-order chi connectivity index (χ1) is 10.1. The molecule has 3 heterocycles. The van der Waals surface area contributed by atoms with Gasteiger partial charge in [0.25, 0.3) is 0 Å². The number of β-amino-alcohol motifs (C(OH)–C–C–N with tert-alkyl or cyclic N) is 1. The lowest BCUT2D eigenvalue weighted by Crippen LogP contribution is -2.49. The second-order valence-corrected chi connectivity index (χ2v) is 6.10. The largest absolute Gasteiger partial charge is 0.468 e. The van der Waals surface area contributed by atoms with Crippen molar-refractivity contribution in [3.8, 4) is 0 Å². The monoisotopic (exact) mass is 290 g/mol. The second kappa shape index (κ2) is 5.61. The van der Waals surface area contributed by atoms with Crippen molar-refractivity contribution in [1.29, 1.82) is 0 Å². The molecule has 0 saturated carbocycles. The third kappa shape index (κ3) is 3.16. The number of aliphatic hydroxyl groups is 1. The molecule has 6 heteroatoms. The molecule has 0 spiro atoms. The second-order valence-electron chi connectivity index (χ2n) is 6.10. The van der Waals surface area contributed by atoms with E-state index in [0.717, 1.165) is 43.1 Å². The molecule has 0 bridgehead atoms. The van der Waals surface area contributed by atoms with Gasteiger partial charge in [0.2, 0.25) is 0 Å². The fraction of sp³-hybridized carbons (Fsp3) is 0.600. The molecule has 2 aromatic heterocycles. The van der Waals surface area contributed by atoms with Crippen LogP contribution in [0.4, 0.5) is 0 Å². The zero-order valence-corrected chi connectivity index (χ0v) is 12.6. The van der Waals surface area contributed by atoms with Crippen molar-refractivity contribution >= 4 is 0 Å². The first-order valence-electron chi connectivity index (χ1n) is 7.36. The summed E-state index contributed by atoms with van der Waals surface area (Å²) in [4.78, 5) is 2.26. The Bertz CT molecular complexity index is 606. The Labute approximate surface area is 124 Å². The van der Waals surface area contributed by atoms with Gasteiger partial charge in [0.15, 0.2) is 0 Å². The van der Waals surface area contributed by atoms with Gasteiger partial charge in [-0.25, -0.2) is 0 Å². The van der Waals surface area contributed by atoms with Gasteiger partial charge in [-0.2, -0.15) is 0 Å². The Morgan fingerprint density at radius 2 is 2.33 bits per heavy atom. The number of rotatable bonds is 4. The molecule has 2 aromatic rings. The van der Waals surface area contributed by atoms with Crippen LogP contribution in [-0.2, 0) is 20.0 Å². The van der Waals surface area contributed by atoms with Crippen LogP contribution >= 0.6 is 0 Å². The molecule has 1 fully saturated rings. The molecule has 1 N–H and O–H groups in total. The molecule has 1 atom stereocenters. The lowest BCUT2D eigenvalue weighted by Gasteiger charge is -2.38. The van der Waals surface area contributed by atoms with Crippen LogP contribution in [0.15, 0.2) is 23.1 Å². The highest BCUT2D eigenvalue weighted by atomic mass is 16.3. The molecule has 6 nitrogen and oxygen atoms in total. The topological polar surface area (TPSA) is 67.3 Å². The van der Waals surface area contributed by atoms with Crippen LogP contribution in [0.2, 0.25) is 0 Å². The summed E-state index contributed by atoms with van der Waals surface area (Å²) in [5, 5.41) is 18.9. The summed E-state index contributed by atoms with van der Waals surface area (Å²) < 4.78 is 7.38.